The highest BCUT2D eigenvalue weighted by molar-refractivity contribution is 5.09. The van der Waals surface area contributed by atoms with E-state index < -0.39 is 6.43 Å². The van der Waals surface area contributed by atoms with E-state index in [0.717, 1.165) is 12.8 Å². The zero-order chi connectivity index (χ0) is 5.98. The molecule has 1 aliphatic carbocycles. The molecular formula is C6H8F2. The SMILES string of the molecule is FC(F)C1=CCCC1. The number of hydrogen-bond acceptors (Lipinski definition) is 0. The van der Waals surface area contributed by atoms with Gasteiger partial charge < -0.3 is 0 Å². The van der Waals surface area contributed by atoms with Crippen molar-refractivity contribution in [3.05, 3.63) is 11.6 Å². The van der Waals surface area contributed by atoms with Gasteiger partial charge in [0, 0.05) is 0 Å². The van der Waals surface area contributed by atoms with Crippen molar-refractivity contribution in [1.29, 1.82) is 0 Å². The monoisotopic (exact) mass is 118 g/mol. The Morgan fingerprint density at radius 2 is 2.25 bits per heavy atom. The highest BCUT2D eigenvalue weighted by Crippen LogP contribution is 2.22. The van der Waals surface area contributed by atoms with Gasteiger partial charge in [-0.05, 0) is 24.8 Å². The van der Waals surface area contributed by atoms with Gasteiger partial charge in [0.2, 0.25) is 0 Å². The molecule has 0 fully saturated rings. The first-order chi connectivity index (χ1) is 3.80. The van der Waals surface area contributed by atoms with Crippen molar-refractivity contribution in [2.45, 2.75) is 25.7 Å². The number of halogens is 2. The summed E-state index contributed by atoms with van der Waals surface area (Å²) >= 11 is 0. The van der Waals surface area contributed by atoms with E-state index in [1.807, 2.05) is 0 Å². The van der Waals surface area contributed by atoms with E-state index in [0.29, 0.717) is 12.0 Å². The lowest BCUT2D eigenvalue weighted by Gasteiger charge is -1.94. The summed E-state index contributed by atoms with van der Waals surface area (Å²) in [6.07, 6.45) is 1.82. The molecule has 0 spiro atoms. The van der Waals surface area contributed by atoms with Crippen LogP contribution in [-0.2, 0) is 0 Å². The summed E-state index contributed by atoms with van der Waals surface area (Å²) in [6.45, 7) is 0. The Hall–Kier alpha value is -0.400. The van der Waals surface area contributed by atoms with Crippen LogP contribution in [0.3, 0.4) is 0 Å². The molecule has 0 aromatic rings. The van der Waals surface area contributed by atoms with Gasteiger partial charge in [0.1, 0.15) is 0 Å². The summed E-state index contributed by atoms with van der Waals surface area (Å²) in [4.78, 5) is 0. The van der Waals surface area contributed by atoms with E-state index in [-0.39, 0.29) is 0 Å². The first kappa shape index (κ1) is 5.73. The molecule has 0 aromatic heterocycles. The molecule has 46 valence electrons. The van der Waals surface area contributed by atoms with Crippen LogP contribution in [0, 0.1) is 0 Å². The fourth-order valence-electron chi connectivity index (χ4n) is 0.894. The van der Waals surface area contributed by atoms with Crippen LogP contribution in [0.4, 0.5) is 8.78 Å². The minimum Gasteiger partial charge on any atom is -0.205 e. The van der Waals surface area contributed by atoms with Crippen LogP contribution < -0.4 is 0 Å². The molecule has 2 heteroatoms. The van der Waals surface area contributed by atoms with Crippen molar-refractivity contribution >= 4 is 0 Å². The molecule has 0 atom stereocenters. The average Bonchev–Trinajstić information content (AvgIpc) is 2.12. The maximum atomic E-state index is 11.7. The summed E-state index contributed by atoms with van der Waals surface area (Å²) in [5, 5.41) is 0. The van der Waals surface area contributed by atoms with Gasteiger partial charge in [-0.2, -0.15) is 0 Å². The summed E-state index contributed by atoms with van der Waals surface area (Å²) in [6, 6.07) is 0. The molecule has 0 nitrogen and oxygen atoms in total. The Balaban J connectivity index is 2.45. The molecular weight excluding hydrogens is 110 g/mol. The Kier molecular flexibility index (Phi) is 1.61. The first-order valence-corrected chi connectivity index (χ1v) is 2.78. The number of rotatable bonds is 1. The first-order valence-electron chi connectivity index (χ1n) is 2.78. The van der Waals surface area contributed by atoms with Crippen LogP contribution in [0.2, 0.25) is 0 Å². The van der Waals surface area contributed by atoms with Gasteiger partial charge in [0.25, 0.3) is 6.43 Å². The minimum absolute atomic E-state index is 0.338. The summed E-state index contributed by atoms with van der Waals surface area (Å²) in [5.74, 6) is 0. The average molecular weight is 118 g/mol. The molecule has 8 heavy (non-hydrogen) atoms. The predicted octanol–water partition coefficient (Wildman–Crippen LogP) is 2.36. The lowest BCUT2D eigenvalue weighted by molar-refractivity contribution is 0.186. The van der Waals surface area contributed by atoms with E-state index in [4.69, 9.17) is 0 Å². The van der Waals surface area contributed by atoms with E-state index in [2.05, 4.69) is 0 Å². The summed E-state index contributed by atoms with van der Waals surface area (Å²) < 4.78 is 23.3. The van der Waals surface area contributed by atoms with E-state index in [9.17, 15) is 8.78 Å². The predicted molar refractivity (Wildman–Crippen MR) is 27.9 cm³/mol. The van der Waals surface area contributed by atoms with Crippen molar-refractivity contribution in [2.75, 3.05) is 0 Å². The van der Waals surface area contributed by atoms with Crippen LogP contribution in [0.25, 0.3) is 0 Å². The van der Waals surface area contributed by atoms with Gasteiger partial charge in [0.15, 0.2) is 0 Å². The molecule has 0 amide bonds. The summed E-state index contributed by atoms with van der Waals surface area (Å²) in [5.41, 5.74) is 0.338. The van der Waals surface area contributed by atoms with Gasteiger partial charge in [-0.15, -0.1) is 0 Å². The topological polar surface area (TPSA) is 0 Å². The third kappa shape index (κ3) is 1.05. The normalized spacial score (nSPS) is 19.6. The Bertz CT molecular complexity index is 105. The molecule has 0 saturated carbocycles. The van der Waals surface area contributed by atoms with Gasteiger partial charge in [-0.25, -0.2) is 8.78 Å². The lowest BCUT2D eigenvalue weighted by atomic mass is 10.2. The molecule has 0 bridgehead atoms. The second kappa shape index (κ2) is 2.25. The molecule has 0 aromatic carbocycles. The largest absolute Gasteiger partial charge is 0.259 e. The van der Waals surface area contributed by atoms with Crippen molar-refractivity contribution in [2.24, 2.45) is 0 Å². The van der Waals surface area contributed by atoms with Gasteiger partial charge in [0.05, 0.1) is 0 Å². The fraction of sp³-hybridized carbons (Fsp3) is 0.667. The summed E-state index contributed by atoms with van der Waals surface area (Å²) in [7, 11) is 0. The van der Waals surface area contributed by atoms with Gasteiger partial charge in [-0.1, -0.05) is 6.08 Å². The second-order valence-electron chi connectivity index (χ2n) is 1.97. The molecule has 1 aliphatic rings. The zero-order valence-electron chi connectivity index (χ0n) is 4.53. The second-order valence-corrected chi connectivity index (χ2v) is 1.97. The van der Waals surface area contributed by atoms with Gasteiger partial charge >= 0.3 is 0 Å². The minimum atomic E-state index is -2.20. The van der Waals surface area contributed by atoms with Crippen LogP contribution in [-0.4, -0.2) is 6.43 Å². The van der Waals surface area contributed by atoms with Crippen molar-refractivity contribution in [3.8, 4) is 0 Å². The molecule has 1 rings (SSSR count). The number of hydrogen-bond donors (Lipinski definition) is 0. The molecule has 0 heterocycles. The Morgan fingerprint density at radius 1 is 1.50 bits per heavy atom. The third-order valence-corrected chi connectivity index (χ3v) is 1.36. The lowest BCUT2D eigenvalue weighted by Crippen LogP contribution is -1.91. The quantitative estimate of drug-likeness (QED) is 0.463. The van der Waals surface area contributed by atoms with Crippen LogP contribution >= 0.6 is 0 Å². The van der Waals surface area contributed by atoms with E-state index >= 15 is 0 Å². The maximum absolute atomic E-state index is 11.7. The van der Waals surface area contributed by atoms with Crippen LogP contribution in [0.5, 0.6) is 0 Å². The Labute approximate surface area is 47.2 Å². The molecule has 0 saturated heterocycles. The van der Waals surface area contributed by atoms with E-state index in [1.54, 1.807) is 6.08 Å². The molecule has 0 unspecified atom stereocenters. The number of alkyl halides is 2. The highest BCUT2D eigenvalue weighted by Gasteiger charge is 2.13. The molecule has 0 N–H and O–H groups in total. The smallest absolute Gasteiger partial charge is 0.205 e. The number of allylic oxidation sites excluding steroid dienone is 2. The van der Waals surface area contributed by atoms with Crippen LogP contribution in [0.1, 0.15) is 19.3 Å². The maximum Gasteiger partial charge on any atom is 0.259 e. The standard InChI is InChI=1S/C6H8F2/c7-6(8)5-3-1-2-4-5/h3,6H,1-2,4H2. The van der Waals surface area contributed by atoms with E-state index in [1.165, 1.54) is 0 Å². The molecule has 0 aliphatic heterocycles. The third-order valence-electron chi connectivity index (χ3n) is 1.36. The zero-order valence-corrected chi connectivity index (χ0v) is 4.53. The van der Waals surface area contributed by atoms with Gasteiger partial charge in [-0.3, -0.25) is 0 Å². The molecule has 0 radical (unpaired) electrons. The van der Waals surface area contributed by atoms with Crippen molar-refractivity contribution < 1.29 is 8.78 Å². The van der Waals surface area contributed by atoms with Crippen molar-refractivity contribution in [1.82, 2.24) is 0 Å². The Morgan fingerprint density at radius 3 is 2.50 bits per heavy atom. The van der Waals surface area contributed by atoms with Crippen molar-refractivity contribution in [3.63, 3.8) is 0 Å². The fourth-order valence-corrected chi connectivity index (χ4v) is 0.894. The van der Waals surface area contributed by atoms with Crippen LogP contribution in [0.15, 0.2) is 11.6 Å². The highest BCUT2D eigenvalue weighted by atomic mass is 19.3.